The first-order chi connectivity index (χ1) is 18.1. The maximum absolute atomic E-state index is 13.5. The molecular weight excluding hydrogens is 461 g/mol. The molecular formula is C32H28FN3O. The van der Waals surface area contributed by atoms with E-state index in [2.05, 4.69) is 29.6 Å². The molecule has 0 aliphatic rings. The van der Waals surface area contributed by atoms with Crippen molar-refractivity contribution in [1.82, 2.24) is 15.1 Å². The van der Waals surface area contributed by atoms with Crippen molar-refractivity contribution in [2.75, 3.05) is 6.54 Å². The van der Waals surface area contributed by atoms with Crippen LogP contribution in [0.1, 0.15) is 39.5 Å². The minimum absolute atomic E-state index is 0.166. The summed E-state index contributed by atoms with van der Waals surface area (Å²) in [5, 5.41) is 7.82. The molecule has 37 heavy (non-hydrogen) atoms. The Labute approximate surface area is 216 Å². The maximum Gasteiger partial charge on any atom is 0.270 e. The summed E-state index contributed by atoms with van der Waals surface area (Å²) in [5.41, 5.74) is 6.08. The highest BCUT2D eigenvalue weighted by atomic mass is 19.1. The minimum atomic E-state index is -0.314. The fourth-order valence-electron chi connectivity index (χ4n) is 4.58. The summed E-state index contributed by atoms with van der Waals surface area (Å²) in [4.78, 5) is 13.4. The highest BCUT2D eigenvalue weighted by molar-refractivity contribution is 5.94. The third-order valence-electron chi connectivity index (χ3n) is 6.45. The molecule has 0 atom stereocenters. The topological polar surface area (TPSA) is 46.9 Å². The molecule has 1 amide bonds. The van der Waals surface area contributed by atoms with Crippen LogP contribution < -0.4 is 5.32 Å². The Morgan fingerprint density at radius 1 is 0.838 bits per heavy atom. The van der Waals surface area contributed by atoms with Gasteiger partial charge in [-0.05, 0) is 72.5 Å². The predicted octanol–water partition coefficient (Wildman–Crippen LogP) is 6.94. The van der Waals surface area contributed by atoms with Crippen molar-refractivity contribution in [3.8, 4) is 16.9 Å². The molecule has 1 heterocycles. The van der Waals surface area contributed by atoms with Gasteiger partial charge < -0.3 is 5.32 Å². The van der Waals surface area contributed by atoms with Gasteiger partial charge in [-0.3, -0.25) is 4.79 Å². The Bertz CT molecular complexity index is 1440. The number of aromatic nitrogens is 2. The number of hydrogen-bond acceptors (Lipinski definition) is 2. The van der Waals surface area contributed by atoms with Crippen LogP contribution in [0.2, 0.25) is 0 Å². The van der Waals surface area contributed by atoms with Crippen molar-refractivity contribution in [2.24, 2.45) is 0 Å². The average molecular weight is 490 g/mol. The molecule has 0 aliphatic carbocycles. The van der Waals surface area contributed by atoms with Gasteiger partial charge in [0.1, 0.15) is 11.5 Å². The van der Waals surface area contributed by atoms with E-state index in [0.717, 1.165) is 23.2 Å². The quantitative estimate of drug-likeness (QED) is 0.257. The molecule has 1 aromatic heterocycles. The van der Waals surface area contributed by atoms with Gasteiger partial charge in [0, 0.05) is 18.0 Å². The molecule has 4 nitrogen and oxygen atoms in total. The van der Waals surface area contributed by atoms with E-state index in [1.165, 1.54) is 23.3 Å². The van der Waals surface area contributed by atoms with E-state index < -0.39 is 0 Å². The van der Waals surface area contributed by atoms with Gasteiger partial charge in [-0.15, -0.1) is 0 Å². The van der Waals surface area contributed by atoms with Crippen molar-refractivity contribution in [1.29, 1.82) is 0 Å². The molecule has 5 heteroatoms. The van der Waals surface area contributed by atoms with E-state index >= 15 is 0 Å². The first-order valence-electron chi connectivity index (χ1n) is 12.4. The van der Waals surface area contributed by atoms with Crippen molar-refractivity contribution >= 4 is 5.91 Å². The molecule has 0 unspecified atom stereocenters. The standard InChI is InChI=1S/C32H28FN3O/c1-23-9-8-14-28(21-23)36-31(22-30(35-36)26-15-17-27(33)18-16-26)32(37)34-20-19-29(24-10-4-2-5-11-24)25-12-6-3-7-13-25/h2-18,21-22,29H,19-20H2,1H3,(H,34,37). The zero-order valence-electron chi connectivity index (χ0n) is 20.6. The Morgan fingerprint density at radius 2 is 1.49 bits per heavy atom. The molecule has 5 aromatic rings. The van der Waals surface area contributed by atoms with E-state index in [4.69, 9.17) is 5.10 Å². The molecule has 184 valence electrons. The van der Waals surface area contributed by atoms with Crippen LogP contribution in [0.15, 0.2) is 115 Å². The van der Waals surface area contributed by atoms with Crippen molar-refractivity contribution in [2.45, 2.75) is 19.3 Å². The first kappa shape index (κ1) is 24.2. The van der Waals surface area contributed by atoms with Gasteiger partial charge in [-0.25, -0.2) is 9.07 Å². The molecule has 0 radical (unpaired) electrons. The van der Waals surface area contributed by atoms with Crippen LogP contribution in [0.5, 0.6) is 0 Å². The molecule has 5 rings (SSSR count). The SMILES string of the molecule is Cc1cccc(-n2nc(-c3ccc(F)cc3)cc2C(=O)NCCC(c2ccccc2)c2ccccc2)c1. The van der Waals surface area contributed by atoms with Crippen LogP contribution in [0, 0.1) is 12.7 Å². The maximum atomic E-state index is 13.5. The number of nitrogens with zero attached hydrogens (tertiary/aromatic N) is 2. The van der Waals surface area contributed by atoms with Gasteiger partial charge in [-0.1, -0.05) is 72.8 Å². The van der Waals surface area contributed by atoms with Crippen LogP contribution in [0.3, 0.4) is 0 Å². The Hall–Kier alpha value is -4.51. The van der Waals surface area contributed by atoms with Gasteiger partial charge in [0.2, 0.25) is 0 Å². The Kier molecular flexibility index (Phi) is 7.22. The van der Waals surface area contributed by atoms with E-state index in [0.29, 0.717) is 17.9 Å². The number of rotatable bonds is 8. The molecule has 1 N–H and O–H groups in total. The number of aryl methyl sites for hydroxylation is 1. The van der Waals surface area contributed by atoms with Crippen LogP contribution in [-0.4, -0.2) is 22.2 Å². The molecule has 0 saturated heterocycles. The number of halogens is 1. The van der Waals surface area contributed by atoms with Gasteiger partial charge in [0.15, 0.2) is 0 Å². The third kappa shape index (κ3) is 5.67. The number of carbonyl (C=O) groups is 1. The number of benzene rings is 4. The van der Waals surface area contributed by atoms with Crippen LogP contribution >= 0.6 is 0 Å². The lowest BCUT2D eigenvalue weighted by Gasteiger charge is -2.18. The highest BCUT2D eigenvalue weighted by Crippen LogP contribution is 2.28. The molecule has 0 saturated carbocycles. The predicted molar refractivity (Wildman–Crippen MR) is 145 cm³/mol. The fourth-order valence-corrected chi connectivity index (χ4v) is 4.58. The Morgan fingerprint density at radius 3 is 2.11 bits per heavy atom. The van der Waals surface area contributed by atoms with Crippen LogP contribution in [0.25, 0.3) is 16.9 Å². The fraction of sp³-hybridized carbons (Fsp3) is 0.125. The molecule has 0 aliphatic heterocycles. The van der Waals surface area contributed by atoms with Crippen LogP contribution in [0.4, 0.5) is 4.39 Å². The van der Waals surface area contributed by atoms with E-state index in [1.807, 2.05) is 67.6 Å². The van der Waals surface area contributed by atoms with E-state index in [1.54, 1.807) is 22.9 Å². The van der Waals surface area contributed by atoms with Gasteiger partial charge in [0.05, 0.1) is 11.4 Å². The zero-order chi connectivity index (χ0) is 25.6. The normalized spacial score (nSPS) is 11.0. The summed E-state index contributed by atoms with van der Waals surface area (Å²) < 4.78 is 15.1. The minimum Gasteiger partial charge on any atom is -0.351 e. The monoisotopic (exact) mass is 489 g/mol. The number of nitrogens with one attached hydrogen (secondary N) is 1. The highest BCUT2D eigenvalue weighted by Gasteiger charge is 2.19. The van der Waals surface area contributed by atoms with Crippen molar-refractivity contribution in [3.05, 3.63) is 143 Å². The van der Waals surface area contributed by atoms with E-state index in [-0.39, 0.29) is 17.6 Å². The van der Waals surface area contributed by atoms with E-state index in [9.17, 15) is 9.18 Å². The number of carbonyl (C=O) groups excluding carboxylic acids is 1. The lowest BCUT2D eigenvalue weighted by molar-refractivity contribution is 0.0945. The average Bonchev–Trinajstić information content (AvgIpc) is 3.38. The second kappa shape index (κ2) is 11.0. The summed E-state index contributed by atoms with van der Waals surface area (Å²) >= 11 is 0. The summed E-state index contributed by atoms with van der Waals surface area (Å²) in [6, 6.07) is 36.4. The zero-order valence-corrected chi connectivity index (χ0v) is 20.6. The largest absolute Gasteiger partial charge is 0.351 e. The Balaban J connectivity index is 1.40. The molecule has 0 spiro atoms. The van der Waals surface area contributed by atoms with Crippen LogP contribution in [-0.2, 0) is 0 Å². The van der Waals surface area contributed by atoms with Crippen molar-refractivity contribution < 1.29 is 9.18 Å². The third-order valence-corrected chi connectivity index (χ3v) is 6.45. The summed E-state index contributed by atoms with van der Waals surface area (Å²) in [6.45, 7) is 2.50. The van der Waals surface area contributed by atoms with Gasteiger partial charge in [-0.2, -0.15) is 5.10 Å². The molecule has 0 bridgehead atoms. The number of amides is 1. The summed E-state index contributed by atoms with van der Waals surface area (Å²) in [5.74, 6) is -0.354. The number of hydrogen-bond donors (Lipinski definition) is 1. The lowest BCUT2D eigenvalue weighted by atomic mass is 9.88. The first-order valence-corrected chi connectivity index (χ1v) is 12.4. The van der Waals surface area contributed by atoms with Gasteiger partial charge in [0.25, 0.3) is 5.91 Å². The smallest absolute Gasteiger partial charge is 0.270 e. The second-order valence-corrected chi connectivity index (χ2v) is 9.09. The van der Waals surface area contributed by atoms with Gasteiger partial charge >= 0.3 is 0 Å². The summed E-state index contributed by atoms with van der Waals surface area (Å²) in [6.07, 6.45) is 0.753. The molecule has 0 fully saturated rings. The lowest BCUT2D eigenvalue weighted by Crippen LogP contribution is -2.28. The van der Waals surface area contributed by atoms with Crippen molar-refractivity contribution in [3.63, 3.8) is 0 Å². The second-order valence-electron chi connectivity index (χ2n) is 9.09. The summed E-state index contributed by atoms with van der Waals surface area (Å²) in [7, 11) is 0. The molecule has 4 aromatic carbocycles.